The summed E-state index contributed by atoms with van der Waals surface area (Å²) >= 11 is 0. The van der Waals surface area contributed by atoms with Crippen molar-refractivity contribution in [2.45, 2.75) is 32.4 Å². The van der Waals surface area contributed by atoms with Crippen molar-refractivity contribution in [3.05, 3.63) is 66.2 Å². The van der Waals surface area contributed by atoms with E-state index in [1.165, 1.54) is 17.7 Å². The van der Waals surface area contributed by atoms with E-state index in [0.29, 0.717) is 12.8 Å². The van der Waals surface area contributed by atoms with Gasteiger partial charge in [0.2, 0.25) is 6.79 Å². The molecule has 0 spiro atoms. The summed E-state index contributed by atoms with van der Waals surface area (Å²) in [5, 5.41) is 3.67. The average Bonchev–Trinajstić information content (AvgIpc) is 3.37. The van der Waals surface area contributed by atoms with Gasteiger partial charge < -0.3 is 19.4 Å². The molecule has 29 heavy (non-hydrogen) atoms. The predicted molar refractivity (Wildman–Crippen MR) is 113 cm³/mol. The molecule has 0 unspecified atom stereocenters. The van der Waals surface area contributed by atoms with Gasteiger partial charge in [0.25, 0.3) is 0 Å². The van der Waals surface area contributed by atoms with Crippen LogP contribution in [0.3, 0.4) is 0 Å². The van der Waals surface area contributed by atoms with E-state index in [1.807, 2.05) is 18.3 Å². The van der Waals surface area contributed by atoms with E-state index in [4.69, 9.17) is 9.47 Å². The van der Waals surface area contributed by atoms with Gasteiger partial charge in [-0.25, -0.2) is 4.98 Å². The third kappa shape index (κ3) is 3.93. The van der Waals surface area contributed by atoms with Crippen LogP contribution in [-0.4, -0.2) is 40.4 Å². The number of nitrogens with one attached hydrogen (secondary N) is 1. The number of hydrogen-bond acceptors (Lipinski definition) is 5. The minimum Gasteiger partial charge on any atom is -0.454 e. The van der Waals surface area contributed by atoms with Crippen molar-refractivity contribution in [2.75, 3.05) is 25.2 Å². The highest BCUT2D eigenvalue weighted by Gasteiger charge is 2.22. The normalized spacial score (nSPS) is 18.7. The molecular formula is C23H26N4O2. The Morgan fingerprint density at radius 2 is 2.07 bits per heavy atom. The Morgan fingerprint density at radius 3 is 3.00 bits per heavy atom. The van der Waals surface area contributed by atoms with Crippen molar-refractivity contribution in [3.8, 4) is 17.2 Å². The Kier molecular flexibility index (Phi) is 4.86. The van der Waals surface area contributed by atoms with E-state index < -0.39 is 0 Å². The average molecular weight is 390 g/mol. The summed E-state index contributed by atoms with van der Waals surface area (Å²) in [4.78, 5) is 7.12. The summed E-state index contributed by atoms with van der Waals surface area (Å²) < 4.78 is 13.1. The molecule has 6 heteroatoms. The maximum absolute atomic E-state index is 5.50. The largest absolute Gasteiger partial charge is 0.454 e. The van der Waals surface area contributed by atoms with Crippen molar-refractivity contribution in [2.24, 2.45) is 0 Å². The van der Waals surface area contributed by atoms with E-state index >= 15 is 0 Å². The monoisotopic (exact) mass is 390 g/mol. The molecule has 0 bridgehead atoms. The minimum absolute atomic E-state index is 0.309. The first-order valence-corrected chi connectivity index (χ1v) is 10.2. The van der Waals surface area contributed by atoms with Crippen molar-refractivity contribution >= 4 is 5.69 Å². The van der Waals surface area contributed by atoms with Gasteiger partial charge in [-0.15, -0.1) is 0 Å². The summed E-state index contributed by atoms with van der Waals surface area (Å²) in [6, 6.07) is 15.0. The molecule has 2 aliphatic heterocycles. The molecule has 1 aromatic heterocycles. The van der Waals surface area contributed by atoms with Crippen LogP contribution >= 0.6 is 0 Å². The summed E-state index contributed by atoms with van der Waals surface area (Å²) in [5.74, 6) is 2.73. The first-order valence-electron chi connectivity index (χ1n) is 10.2. The summed E-state index contributed by atoms with van der Waals surface area (Å²) in [5.41, 5.74) is 3.51. The Bertz CT molecular complexity index is 1000. The van der Waals surface area contributed by atoms with E-state index in [0.717, 1.165) is 49.1 Å². The number of fused-ring (bicyclic) bond motifs is 1. The lowest BCUT2D eigenvalue weighted by Crippen LogP contribution is -2.42. The molecule has 1 atom stereocenters. The van der Waals surface area contributed by atoms with Gasteiger partial charge in [-0.05, 0) is 56.1 Å². The van der Waals surface area contributed by atoms with Gasteiger partial charge in [0, 0.05) is 42.4 Å². The van der Waals surface area contributed by atoms with E-state index in [2.05, 4.69) is 63.2 Å². The third-order valence-electron chi connectivity index (χ3n) is 5.61. The van der Waals surface area contributed by atoms with Crippen LogP contribution in [0.2, 0.25) is 0 Å². The fourth-order valence-corrected chi connectivity index (χ4v) is 4.20. The first kappa shape index (κ1) is 18.1. The lowest BCUT2D eigenvalue weighted by Gasteiger charge is -2.33. The maximum Gasteiger partial charge on any atom is 0.231 e. The third-order valence-corrected chi connectivity index (χ3v) is 5.61. The van der Waals surface area contributed by atoms with E-state index in [9.17, 15) is 0 Å². The highest BCUT2D eigenvalue weighted by Crippen LogP contribution is 2.34. The fourth-order valence-electron chi connectivity index (χ4n) is 4.20. The molecule has 0 amide bonds. The van der Waals surface area contributed by atoms with Crippen LogP contribution in [0.1, 0.15) is 24.2 Å². The molecule has 2 aliphatic rings. The highest BCUT2D eigenvalue weighted by atomic mass is 16.7. The summed E-state index contributed by atoms with van der Waals surface area (Å²) in [6.07, 6.45) is 6.28. The molecule has 3 aromatic rings. The zero-order chi connectivity index (χ0) is 19.6. The van der Waals surface area contributed by atoms with Crippen molar-refractivity contribution in [1.29, 1.82) is 0 Å². The minimum atomic E-state index is 0.309. The van der Waals surface area contributed by atoms with Gasteiger partial charge in [-0.3, -0.25) is 4.90 Å². The Hall–Kier alpha value is -2.99. The fraction of sp³-hybridized carbons (Fsp3) is 0.348. The topological polar surface area (TPSA) is 51.6 Å². The molecule has 2 aromatic carbocycles. The maximum atomic E-state index is 5.50. The first-order chi connectivity index (χ1) is 14.2. The van der Waals surface area contributed by atoms with Gasteiger partial charge in [-0.2, -0.15) is 0 Å². The molecule has 150 valence electrons. The Balaban J connectivity index is 1.26. The molecule has 1 saturated heterocycles. The molecular weight excluding hydrogens is 364 g/mol. The van der Waals surface area contributed by atoms with Crippen molar-refractivity contribution in [3.63, 3.8) is 0 Å². The van der Waals surface area contributed by atoms with Crippen LogP contribution in [0.25, 0.3) is 5.69 Å². The number of rotatable bonds is 5. The van der Waals surface area contributed by atoms with E-state index in [1.54, 1.807) is 0 Å². The molecule has 1 fully saturated rings. The number of likely N-dealkylation sites (tertiary alicyclic amines) is 1. The number of nitrogens with zero attached hydrogens (tertiary/aromatic N) is 3. The highest BCUT2D eigenvalue weighted by molar-refractivity contribution is 5.56. The van der Waals surface area contributed by atoms with Gasteiger partial charge in [0.15, 0.2) is 11.5 Å². The zero-order valence-corrected chi connectivity index (χ0v) is 16.7. The van der Waals surface area contributed by atoms with Crippen molar-refractivity contribution in [1.82, 2.24) is 14.5 Å². The molecule has 0 radical (unpaired) electrons. The van der Waals surface area contributed by atoms with E-state index in [-0.39, 0.29) is 0 Å². The number of aromatic nitrogens is 2. The Labute approximate surface area is 171 Å². The zero-order valence-electron chi connectivity index (χ0n) is 16.7. The quantitative estimate of drug-likeness (QED) is 0.714. The van der Waals surface area contributed by atoms with Crippen molar-refractivity contribution < 1.29 is 9.47 Å². The second kappa shape index (κ2) is 7.79. The number of benzene rings is 2. The van der Waals surface area contributed by atoms with Gasteiger partial charge in [-0.1, -0.05) is 12.1 Å². The van der Waals surface area contributed by atoms with Gasteiger partial charge >= 0.3 is 0 Å². The summed E-state index contributed by atoms with van der Waals surface area (Å²) in [7, 11) is 0. The second-order valence-corrected chi connectivity index (χ2v) is 7.84. The second-order valence-electron chi connectivity index (χ2n) is 7.84. The number of piperidine rings is 1. The summed E-state index contributed by atoms with van der Waals surface area (Å²) in [6.45, 7) is 5.37. The molecule has 6 nitrogen and oxygen atoms in total. The van der Waals surface area contributed by atoms with Crippen LogP contribution in [0.15, 0.2) is 54.9 Å². The Morgan fingerprint density at radius 1 is 1.14 bits per heavy atom. The lowest BCUT2D eigenvalue weighted by molar-refractivity contribution is 0.174. The molecule has 5 rings (SSSR count). The lowest BCUT2D eigenvalue weighted by atomic mass is 10.1. The van der Waals surface area contributed by atoms with Gasteiger partial charge in [0.05, 0.1) is 6.54 Å². The van der Waals surface area contributed by atoms with Crippen LogP contribution in [-0.2, 0) is 6.54 Å². The molecule has 0 saturated carbocycles. The van der Waals surface area contributed by atoms with Crippen LogP contribution in [0.5, 0.6) is 11.5 Å². The molecule has 3 heterocycles. The van der Waals surface area contributed by atoms with Crippen LogP contribution < -0.4 is 14.8 Å². The van der Waals surface area contributed by atoms with Gasteiger partial charge in [0.1, 0.15) is 5.82 Å². The smallest absolute Gasteiger partial charge is 0.231 e. The number of aryl methyl sites for hydroxylation is 1. The SMILES string of the molecule is Cc1cccc(-n2ccnc2CN2CCC[C@H](Nc3ccc4c(c3)OCO4)C2)c1. The number of ether oxygens (including phenoxy) is 2. The number of imidazole rings is 1. The van der Waals surface area contributed by atoms with Crippen LogP contribution in [0, 0.1) is 6.92 Å². The number of anilines is 1. The molecule has 0 aliphatic carbocycles. The standard InChI is InChI=1S/C23H26N4O2/c1-17-4-2-6-20(12-17)27-11-9-24-23(27)15-26-10-3-5-19(14-26)25-18-7-8-21-22(13-18)29-16-28-21/h2,4,6-9,11-13,19,25H,3,5,10,14-16H2,1H3/t19-/m0/s1. The van der Waals surface area contributed by atoms with Crippen LogP contribution in [0.4, 0.5) is 5.69 Å². The molecule has 1 N–H and O–H groups in total. The number of hydrogen-bond donors (Lipinski definition) is 1. The predicted octanol–water partition coefficient (Wildman–Crippen LogP) is 3.99.